The van der Waals surface area contributed by atoms with Crippen LogP contribution in [0.2, 0.25) is 5.02 Å². The van der Waals surface area contributed by atoms with E-state index >= 15 is 0 Å². The van der Waals surface area contributed by atoms with Crippen molar-refractivity contribution in [2.75, 3.05) is 5.73 Å². The lowest BCUT2D eigenvalue weighted by Crippen LogP contribution is -2.34. The predicted molar refractivity (Wildman–Crippen MR) is 99.5 cm³/mol. The number of hydrogen-bond donors (Lipinski definition) is 2. The molecule has 2 aromatic heterocycles. The lowest BCUT2D eigenvalue weighted by Gasteiger charge is -2.09. The van der Waals surface area contributed by atoms with Gasteiger partial charge in [-0.05, 0) is 35.2 Å². The van der Waals surface area contributed by atoms with Crippen molar-refractivity contribution < 1.29 is 4.79 Å². The summed E-state index contributed by atoms with van der Waals surface area (Å²) in [6, 6.07) is 12.5. The van der Waals surface area contributed by atoms with Gasteiger partial charge in [0.25, 0.3) is 5.56 Å². The van der Waals surface area contributed by atoms with Gasteiger partial charge in [-0.15, -0.1) is 11.3 Å². The Morgan fingerprint density at radius 2 is 2.12 bits per heavy atom. The van der Waals surface area contributed by atoms with Crippen LogP contribution >= 0.6 is 22.9 Å². The van der Waals surface area contributed by atoms with Gasteiger partial charge < -0.3 is 11.1 Å². The maximum absolute atomic E-state index is 12.2. The van der Waals surface area contributed by atoms with E-state index in [0.717, 1.165) is 15.1 Å². The van der Waals surface area contributed by atoms with Gasteiger partial charge in [-0.1, -0.05) is 29.8 Å². The Labute approximate surface area is 152 Å². The highest BCUT2D eigenvalue weighted by atomic mass is 35.5. The van der Waals surface area contributed by atoms with Crippen LogP contribution in [0.4, 0.5) is 5.69 Å². The van der Waals surface area contributed by atoms with Gasteiger partial charge in [0.1, 0.15) is 17.9 Å². The van der Waals surface area contributed by atoms with Crippen LogP contribution in [0.3, 0.4) is 0 Å². The molecule has 0 unspecified atom stereocenters. The first kappa shape index (κ1) is 17.2. The average molecular weight is 375 g/mol. The van der Waals surface area contributed by atoms with Gasteiger partial charge in [0, 0.05) is 11.6 Å². The van der Waals surface area contributed by atoms with Crippen LogP contribution < -0.4 is 16.6 Å². The summed E-state index contributed by atoms with van der Waals surface area (Å²) in [5.41, 5.74) is 6.77. The summed E-state index contributed by atoms with van der Waals surface area (Å²) in [6.45, 7) is 0.108. The smallest absolute Gasteiger partial charge is 0.290 e. The molecule has 3 N–H and O–H groups in total. The van der Waals surface area contributed by atoms with E-state index in [9.17, 15) is 9.59 Å². The summed E-state index contributed by atoms with van der Waals surface area (Å²) in [4.78, 5) is 25.2. The largest absolute Gasteiger partial charge is 0.394 e. The van der Waals surface area contributed by atoms with Crippen LogP contribution in [0.5, 0.6) is 0 Å². The summed E-state index contributed by atoms with van der Waals surface area (Å²) in [7, 11) is 0. The van der Waals surface area contributed by atoms with Gasteiger partial charge in [0.05, 0.1) is 4.88 Å². The van der Waals surface area contributed by atoms with Gasteiger partial charge in [0.15, 0.2) is 0 Å². The van der Waals surface area contributed by atoms with E-state index in [1.54, 1.807) is 18.2 Å². The Balaban J connectivity index is 1.73. The van der Waals surface area contributed by atoms with Crippen LogP contribution in [0, 0.1) is 0 Å². The minimum atomic E-state index is -0.488. The number of benzene rings is 1. The summed E-state index contributed by atoms with van der Waals surface area (Å²) in [6.07, 6.45) is 0. The van der Waals surface area contributed by atoms with Crippen molar-refractivity contribution in [3.8, 4) is 10.6 Å². The number of carbonyl (C=O) groups excluding carboxylic acids is 1. The molecule has 0 aliphatic carbocycles. The predicted octanol–water partition coefficient (Wildman–Crippen LogP) is 2.52. The summed E-state index contributed by atoms with van der Waals surface area (Å²) >= 11 is 7.39. The highest BCUT2D eigenvalue weighted by molar-refractivity contribution is 7.13. The quantitative estimate of drug-likeness (QED) is 0.718. The van der Waals surface area contributed by atoms with Crippen molar-refractivity contribution in [1.29, 1.82) is 0 Å². The molecule has 3 rings (SSSR count). The minimum absolute atomic E-state index is 0.0565. The topological polar surface area (TPSA) is 90.0 Å². The van der Waals surface area contributed by atoms with Crippen LogP contribution in [0.15, 0.2) is 52.6 Å². The number of nitrogen functional groups attached to an aromatic ring is 1. The fourth-order valence-corrected chi connectivity index (χ4v) is 3.15. The maximum Gasteiger partial charge on any atom is 0.290 e. The van der Waals surface area contributed by atoms with Crippen molar-refractivity contribution in [3.05, 3.63) is 68.8 Å². The SMILES string of the molecule is Nc1cc(-c2cccs2)nn(CC(=O)NCc2cccc(Cl)c2)c1=O. The van der Waals surface area contributed by atoms with Crippen molar-refractivity contribution >= 4 is 34.5 Å². The van der Waals surface area contributed by atoms with Gasteiger partial charge >= 0.3 is 0 Å². The monoisotopic (exact) mass is 374 g/mol. The fraction of sp³-hybridized carbons (Fsp3) is 0.118. The third-order valence-corrected chi connectivity index (χ3v) is 4.58. The molecule has 8 heteroatoms. The molecule has 1 amide bonds. The summed E-state index contributed by atoms with van der Waals surface area (Å²) < 4.78 is 1.08. The Bertz CT molecular complexity index is 954. The van der Waals surface area contributed by atoms with Crippen molar-refractivity contribution in [2.45, 2.75) is 13.1 Å². The number of thiophene rings is 1. The Morgan fingerprint density at radius 3 is 2.84 bits per heavy atom. The maximum atomic E-state index is 12.2. The number of carbonyl (C=O) groups is 1. The van der Waals surface area contributed by atoms with Crippen molar-refractivity contribution in [2.24, 2.45) is 0 Å². The molecule has 0 fully saturated rings. The molecular formula is C17H15ClN4O2S. The lowest BCUT2D eigenvalue weighted by atomic mass is 10.2. The number of halogens is 1. The molecule has 0 radical (unpaired) electrons. The molecule has 0 aliphatic rings. The number of nitrogens with one attached hydrogen (secondary N) is 1. The van der Waals surface area contributed by atoms with Gasteiger partial charge in [-0.3, -0.25) is 9.59 Å². The second-order valence-electron chi connectivity index (χ2n) is 5.33. The molecule has 0 bridgehead atoms. The molecule has 0 saturated carbocycles. The van der Waals surface area contributed by atoms with Crippen LogP contribution in [0.1, 0.15) is 5.56 Å². The Morgan fingerprint density at radius 1 is 1.28 bits per heavy atom. The third-order valence-electron chi connectivity index (χ3n) is 3.45. The molecule has 6 nitrogen and oxygen atoms in total. The van der Waals surface area contributed by atoms with Crippen LogP contribution in [-0.2, 0) is 17.9 Å². The molecule has 3 aromatic rings. The number of anilines is 1. The molecule has 2 heterocycles. The number of hydrogen-bond acceptors (Lipinski definition) is 5. The van der Waals surface area contributed by atoms with E-state index < -0.39 is 5.56 Å². The first-order chi connectivity index (χ1) is 12.0. The Hall–Kier alpha value is -2.64. The molecule has 25 heavy (non-hydrogen) atoms. The molecule has 0 aliphatic heterocycles. The third kappa shape index (κ3) is 4.26. The van der Waals surface area contributed by atoms with E-state index in [2.05, 4.69) is 10.4 Å². The Kier molecular flexibility index (Phi) is 5.16. The highest BCUT2D eigenvalue weighted by Crippen LogP contribution is 2.22. The number of nitrogens with two attached hydrogens (primary N) is 1. The second-order valence-corrected chi connectivity index (χ2v) is 6.72. The number of rotatable bonds is 5. The van der Waals surface area contributed by atoms with E-state index in [4.69, 9.17) is 17.3 Å². The fourth-order valence-electron chi connectivity index (χ4n) is 2.25. The molecule has 0 saturated heterocycles. The van der Waals surface area contributed by atoms with Crippen molar-refractivity contribution in [3.63, 3.8) is 0 Å². The van der Waals surface area contributed by atoms with Crippen LogP contribution in [-0.4, -0.2) is 15.7 Å². The number of amides is 1. The molecular weight excluding hydrogens is 360 g/mol. The summed E-state index contributed by atoms with van der Waals surface area (Å²) in [5.74, 6) is -0.336. The first-order valence-corrected chi connectivity index (χ1v) is 8.71. The standard InChI is InChI=1S/C17H15ClN4O2S/c18-12-4-1-3-11(7-12)9-20-16(23)10-22-17(24)13(19)8-14(21-22)15-5-2-6-25-15/h1-8H,9-10,19H2,(H,20,23). The van der Waals surface area contributed by atoms with E-state index in [1.807, 2.05) is 23.6 Å². The van der Waals surface area contributed by atoms with Gasteiger partial charge in [-0.25, -0.2) is 4.68 Å². The average Bonchev–Trinajstić information content (AvgIpc) is 3.11. The molecule has 128 valence electrons. The van der Waals surface area contributed by atoms with Gasteiger partial charge in [0.2, 0.25) is 5.91 Å². The van der Waals surface area contributed by atoms with E-state index in [0.29, 0.717) is 17.3 Å². The van der Waals surface area contributed by atoms with Crippen LogP contribution in [0.25, 0.3) is 10.6 Å². The lowest BCUT2D eigenvalue weighted by molar-refractivity contribution is -0.122. The minimum Gasteiger partial charge on any atom is -0.394 e. The van der Waals surface area contributed by atoms with E-state index in [1.165, 1.54) is 17.4 Å². The normalized spacial score (nSPS) is 10.6. The molecule has 1 aromatic carbocycles. The molecule has 0 spiro atoms. The van der Waals surface area contributed by atoms with Crippen molar-refractivity contribution in [1.82, 2.24) is 15.1 Å². The number of aromatic nitrogens is 2. The highest BCUT2D eigenvalue weighted by Gasteiger charge is 2.11. The zero-order chi connectivity index (χ0) is 17.8. The van der Waals surface area contributed by atoms with E-state index in [-0.39, 0.29) is 18.1 Å². The second kappa shape index (κ2) is 7.50. The van der Waals surface area contributed by atoms with Gasteiger partial charge in [-0.2, -0.15) is 5.10 Å². The first-order valence-electron chi connectivity index (χ1n) is 7.45. The molecule has 0 atom stereocenters. The summed E-state index contributed by atoms with van der Waals surface area (Å²) in [5, 5.41) is 9.48. The zero-order valence-electron chi connectivity index (χ0n) is 13.1. The number of nitrogens with zero attached hydrogens (tertiary/aromatic N) is 2. The zero-order valence-corrected chi connectivity index (χ0v) is 14.7.